The van der Waals surface area contributed by atoms with Crippen LogP contribution in [0.3, 0.4) is 0 Å². The van der Waals surface area contributed by atoms with Crippen LogP contribution in [0.25, 0.3) is 261 Å². The molecule has 598 valence electrons. The monoisotopic (exact) mass is 1640 g/mol. The molecule has 28 rings (SSSR count). The SMILES string of the molecule is c1ccc(-c2cc3c4c(ccc5c4c4c(cccc4n5-c4ccccn4)-c4ccccc4-3)c2)cc1.c1ccc(-c2cc3c4c(ccc5c4c4c(cccc4n5-c4nc(-c5ccccc5)cc(-c5ccccc5)n4)-c4ccccc4-3)c2)cc1.c1ccc(-c2cc3c4c(ccc5c4c4c(cccc4n5-c4nc(-c5ccccc5)nc(-c5ccccc5)n4)-c4ccccc4-3)c2)cc1. The van der Waals surface area contributed by atoms with Gasteiger partial charge < -0.3 is 0 Å². The zero-order valence-corrected chi connectivity index (χ0v) is 69.7. The Balaban J connectivity index is 0.000000103. The number of hydrogen-bond acceptors (Lipinski definition) is 6. The first-order chi connectivity index (χ1) is 64.0. The van der Waals surface area contributed by atoms with E-state index in [2.05, 4.69) is 396 Å². The van der Waals surface area contributed by atoms with Crippen LogP contribution in [-0.4, -0.2) is 43.6 Å². The molecule has 3 aliphatic carbocycles. The first-order valence-corrected chi connectivity index (χ1v) is 43.9. The predicted molar refractivity (Wildman–Crippen MR) is 533 cm³/mol. The van der Waals surface area contributed by atoms with Crippen LogP contribution in [-0.2, 0) is 0 Å². The minimum atomic E-state index is 0.602. The Morgan fingerprint density at radius 3 is 0.775 bits per heavy atom. The molecular formula is C120H73N9. The molecule has 0 N–H and O–H groups in total. The molecule has 9 heteroatoms. The summed E-state index contributed by atoms with van der Waals surface area (Å²) < 4.78 is 6.82. The van der Waals surface area contributed by atoms with Gasteiger partial charge in [0, 0.05) is 60.8 Å². The second-order valence-corrected chi connectivity index (χ2v) is 33.5. The van der Waals surface area contributed by atoms with Crippen molar-refractivity contribution in [3.05, 3.63) is 443 Å². The van der Waals surface area contributed by atoms with E-state index < -0.39 is 0 Å². The minimum Gasteiger partial charge on any atom is -0.294 e. The van der Waals surface area contributed by atoms with Crippen LogP contribution in [0.5, 0.6) is 0 Å². The topological polar surface area (TPSA) is 92.1 Å². The zero-order valence-electron chi connectivity index (χ0n) is 69.7. The Hall–Kier alpha value is -17.4. The summed E-state index contributed by atoms with van der Waals surface area (Å²) >= 11 is 0. The van der Waals surface area contributed by atoms with Crippen LogP contribution in [0.2, 0.25) is 0 Å². The first kappa shape index (κ1) is 73.2. The Labute approximate surface area is 742 Å². The molecule has 19 aromatic carbocycles. The quantitative estimate of drug-likeness (QED) is 0.135. The lowest BCUT2D eigenvalue weighted by atomic mass is 9.90. The van der Waals surface area contributed by atoms with Gasteiger partial charge >= 0.3 is 0 Å². The molecule has 0 spiro atoms. The van der Waals surface area contributed by atoms with Gasteiger partial charge in [-0.25, -0.2) is 19.9 Å². The summed E-state index contributed by atoms with van der Waals surface area (Å²) in [5.74, 6) is 3.50. The van der Waals surface area contributed by atoms with Gasteiger partial charge in [0.1, 0.15) is 5.82 Å². The van der Waals surface area contributed by atoms with Crippen LogP contribution < -0.4 is 0 Å². The van der Waals surface area contributed by atoms with Crippen molar-refractivity contribution in [3.63, 3.8) is 0 Å². The van der Waals surface area contributed by atoms with Crippen LogP contribution in [0.15, 0.2) is 443 Å². The normalized spacial score (nSPS) is 11.9. The zero-order chi connectivity index (χ0) is 84.7. The summed E-state index contributed by atoms with van der Waals surface area (Å²) in [6.45, 7) is 0. The number of pyridine rings is 1. The van der Waals surface area contributed by atoms with E-state index >= 15 is 0 Å². The maximum atomic E-state index is 5.27. The Kier molecular flexibility index (Phi) is 16.8. The molecule has 0 atom stereocenters. The summed E-state index contributed by atoms with van der Waals surface area (Å²) in [7, 11) is 0. The third-order valence-corrected chi connectivity index (χ3v) is 26.3. The van der Waals surface area contributed by atoms with Crippen LogP contribution in [0, 0.1) is 0 Å². The van der Waals surface area contributed by atoms with Crippen LogP contribution >= 0.6 is 0 Å². The minimum absolute atomic E-state index is 0.602. The van der Waals surface area contributed by atoms with E-state index in [-0.39, 0.29) is 0 Å². The number of benzene rings is 19. The van der Waals surface area contributed by atoms with E-state index in [1.165, 1.54) is 176 Å². The molecule has 6 aromatic heterocycles. The summed E-state index contributed by atoms with van der Waals surface area (Å²) in [6, 6.07) is 156. The van der Waals surface area contributed by atoms with Crippen molar-refractivity contribution in [2.24, 2.45) is 0 Å². The average Bonchev–Trinajstić information content (AvgIpc) is 1.55. The fourth-order valence-electron chi connectivity index (χ4n) is 20.7. The Morgan fingerprint density at radius 2 is 0.434 bits per heavy atom. The van der Waals surface area contributed by atoms with E-state index in [0.29, 0.717) is 23.5 Å². The molecule has 0 saturated heterocycles. The molecule has 0 amide bonds. The van der Waals surface area contributed by atoms with Crippen molar-refractivity contribution in [1.82, 2.24) is 43.6 Å². The molecule has 0 radical (unpaired) electrons. The second-order valence-electron chi connectivity index (χ2n) is 33.5. The van der Waals surface area contributed by atoms with Gasteiger partial charge in [0.2, 0.25) is 11.9 Å². The van der Waals surface area contributed by atoms with Gasteiger partial charge in [-0.05, 0) is 223 Å². The van der Waals surface area contributed by atoms with Crippen molar-refractivity contribution >= 4 is 97.7 Å². The van der Waals surface area contributed by atoms with E-state index in [1.807, 2.05) is 60.8 Å². The van der Waals surface area contributed by atoms with Crippen LogP contribution in [0.1, 0.15) is 0 Å². The lowest BCUT2D eigenvalue weighted by Gasteiger charge is -2.15. The molecule has 3 aliphatic rings. The first-order valence-electron chi connectivity index (χ1n) is 43.9. The summed E-state index contributed by atoms with van der Waals surface area (Å²) in [4.78, 5) is 30.6. The van der Waals surface area contributed by atoms with Gasteiger partial charge in [-0.15, -0.1) is 0 Å². The standard InChI is InChI=1S/C44H27N3.C43H26N4.C33H20N2/c1-4-13-28(14-5-1)32-25-31-23-24-40-43-41(31)36(26-32)34-20-11-10-19-33(34)35-21-12-22-39(42(35)43)47(40)44-45-37(29-15-6-2-7-16-29)27-38(46-44)30-17-8-3-9-18-30;1-4-13-27(14-5-1)31-25-30-23-24-37-40-38(30)35(26-31)33-20-11-10-19-32(33)34-21-12-22-36(39(34)40)47(37)43-45-41(28-15-6-2-7-16-28)44-42(46-43)29-17-8-3-9-18-29;1-2-9-21(10-3-1)23-19-22-16-17-29-33-31(22)27(20-23)25-12-5-4-11-24(25)26-13-8-14-28(32(26)33)35(29)30-15-6-7-18-34-30/h1-27H;1-26H;1-20H. The number of nitrogens with zero attached hydrogens (tertiary/aromatic N) is 9. The molecule has 129 heavy (non-hydrogen) atoms. The number of hydrogen-bond donors (Lipinski definition) is 0. The number of aromatic nitrogens is 9. The third-order valence-electron chi connectivity index (χ3n) is 26.3. The van der Waals surface area contributed by atoms with Gasteiger partial charge in [-0.1, -0.05) is 346 Å². The smallest absolute Gasteiger partial charge is 0.238 e. The fourth-order valence-corrected chi connectivity index (χ4v) is 20.7. The van der Waals surface area contributed by atoms with Crippen molar-refractivity contribution in [3.8, 4) is 163 Å². The fraction of sp³-hybridized carbons (Fsp3) is 0. The third kappa shape index (κ3) is 11.8. The molecule has 0 fully saturated rings. The molecular weight excluding hydrogens is 1570 g/mol. The highest BCUT2D eigenvalue weighted by molar-refractivity contribution is 6.34. The van der Waals surface area contributed by atoms with Gasteiger partial charge in [0.15, 0.2) is 11.6 Å². The maximum Gasteiger partial charge on any atom is 0.238 e. The highest BCUT2D eigenvalue weighted by Crippen LogP contribution is 2.55. The lowest BCUT2D eigenvalue weighted by Crippen LogP contribution is -2.06. The van der Waals surface area contributed by atoms with Crippen molar-refractivity contribution in [2.75, 3.05) is 0 Å². The van der Waals surface area contributed by atoms with Crippen molar-refractivity contribution < 1.29 is 0 Å². The number of rotatable bonds is 10. The Morgan fingerprint density at radius 1 is 0.155 bits per heavy atom. The second kappa shape index (κ2) is 29.7. The lowest BCUT2D eigenvalue weighted by molar-refractivity contribution is 0.953. The molecule has 0 bridgehead atoms. The highest BCUT2D eigenvalue weighted by atomic mass is 15.2. The van der Waals surface area contributed by atoms with Crippen molar-refractivity contribution in [2.45, 2.75) is 0 Å². The number of fused-ring (bicyclic) bond motifs is 9. The average molecular weight is 1640 g/mol. The van der Waals surface area contributed by atoms with E-state index in [9.17, 15) is 0 Å². The van der Waals surface area contributed by atoms with Gasteiger partial charge in [0.05, 0.1) is 44.5 Å². The van der Waals surface area contributed by atoms with E-state index in [1.54, 1.807) is 0 Å². The molecule has 6 heterocycles. The van der Waals surface area contributed by atoms with Crippen LogP contribution in [0.4, 0.5) is 0 Å². The molecule has 0 saturated carbocycles. The van der Waals surface area contributed by atoms with E-state index in [4.69, 9.17) is 29.9 Å². The maximum absolute atomic E-state index is 5.27. The molecule has 9 nitrogen and oxygen atoms in total. The van der Waals surface area contributed by atoms with Gasteiger partial charge in [-0.2, -0.15) is 9.97 Å². The summed E-state index contributed by atoms with van der Waals surface area (Å²) in [6.07, 6.45) is 1.87. The highest BCUT2D eigenvalue weighted by Gasteiger charge is 2.32. The molecule has 0 unspecified atom stereocenters. The summed E-state index contributed by atoms with van der Waals surface area (Å²) in [5.41, 5.74) is 34.9. The largest absolute Gasteiger partial charge is 0.294 e. The predicted octanol–water partition coefficient (Wildman–Crippen LogP) is 30.8. The van der Waals surface area contributed by atoms with Crippen molar-refractivity contribution in [1.29, 1.82) is 0 Å². The van der Waals surface area contributed by atoms with Gasteiger partial charge in [0.25, 0.3) is 0 Å². The Bertz CT molecular complexity index is 8390. The summed E-state index contributed by atoms with van der Waals surface area (Å²) in [5, 5.41) is 15.1. The molecule has 0 aliphatic heterocycles. The van der Waals surface area contributed by atoms with E-state index in [0.717, 1.165) is 61.5 Å². The van der Waals surface area contributed by atoms with Gasteiger partial charge in [-0.3, -0.25) is 13.7 Å². The molecule has 25 aromatic rings.